The molecule has 0 aliphatic rings. The lowest BCUT2D eigenvalue weighted by Crippen LogP contribution is -2.30. The summed E-state index contributed by atoms with van der Waals surface area (Å²) in [6.45, 7) is 6.19. The van der Waals surface area contributed by atoms with Gasteiger partial charge in [-0.15, -0.1) is 0 Å². The van der Waals surface area contributed by atoms with Crippen molar-refractivity contribution < 1.29 is 4.79 Å². The van der Waals surface area contributed by atoms with Crippen LogP contribution in [0.3, 0.4) is 0 Å². The van der Waals surface area contributed by atoms with Crippen molar-refractivity contribution in [1.29, 1.82) is 0 Å². The van der Waals surface area contributed by atoms with E-state index in [1.54, 1.807) is 0 Å². The molecule has 1 aromatic rings. The van der Waals surface area contributed by atoms with E-state index < -0.39 is 5.54 Å². The van der Waals surface area contributed by atoms with Crippen molar-refractivity contribution in [3.05, 3.63) is 35.4 Å². The molecule has 0 fully saturated rings. The molecule has 0 unspecified atom stereocenters. The Morgan fingerprint density at radius 1 is 0.808 bits per heavy atom. The van der Waals surface area contributed by atoms with Gasteiger partial charge in [-0.3, -0.25) is 4.79 Å². The molecule has 0 heterocycles. The molecule has 0 radical (unpaired) electrons. The highest BCUT2D eigenvalue weighted by Gasteiger charge is 2.21. The summed E-state index contributed by atoms with van der Waals surface area (Å²) in [5, 5.41) is 0. The minimum Gasteiger partial charge on any atom is -0.322 e. The number of Topliss-reactive ketones (excluding diaryl/α,β-unsaturated/α-hetero) is 1. The smallest absolute Gasteiger partial charge is 0.163 e. The Balaban J connectivity index is 2.11. The summed E-state index contributed by atoms with van der Waals surface area (Å²) < 4.78 is 0. The fourth-order valence-electron chi connectivity index (χ4n) is 3.55. The predicted octanol–water partition coefficient (Wildman–Crippen LogP) is 7.15. The summed E-state index contributed by atoms with van der Waals surface area (Å²) in [7, 11) is 0. The largest absolute Gasteiger partial charge is 0.322 e. The second kappa shape index (κ2) is 13.1. The van der Waals surface area contributed by atoms with Crippen molar-refractivity contribution >= 4 is 5.78 Å². The monoisotopic (exact) mass is 359 g/mol. The zero-order valence-corrected chi connectivity index (χ0v) is 17.5. The molecule has 2 heteroatoms. The van der Waals surface area contributed by atoms with Crippen LogP contribution in [0.5, 0.6) is 0 Å². The Labute approximate surface area is 162 Å². The zero-order valence-electron chi connectivity index (χ0n) is 17.5. The van der Waals surface area contributed by atoms with E-state index in [0.717, 1.165) is 24.0 Å². The Kier molecular flexibility index (Phi) is 11.5. The molecule has 0 saturated carbocycles. The highest BCUT2D eigenvalue weighted by atomic mass is 16.1. The molecule has 0 bridgehead atoms. The maximum atomic E-state index is 12.5. The van der Waals surface area contributed by atoms with Gasteiger partial charge in [0.15, 0.2) is 5.78 Å². The predicted molar refractivity (Wildman–Crippen MR) is 114 cm³/mol. The highest BCUT2D eigenvalue weighted by molar-refractivity contribution is 5.97. The normalized spacial score (nSPS) is 11.7. The van der Waals surface area contributed by atoms with Crippen molar-refractivity contribution in [1.82, 2.24) is 0 Å². The molecule has 0 atom stereocenters. The van der Waals surface area contributed by atoms with Gasteiger partial charge < -0.3 is 5.73 Å². The summed E-state index contributed by atoms with van der Waals surface area (Å²) in [6, 6.07) is 7.80. The quantitative estimate of drug-likeness (QED) is 0.267. The molecule has 26 heavy (non-hydrogen) atoms. The molecular formula is C24H41NO. The van der Waals surface area contributed by atoms with Gasteiger partial charge >= 0.3 is 0 Å². The maximum absolute atomic E-state index is 12.5. The Hall–Kier alpha value is -1.15. The van der Waals surface area contributed by atoms with Gasteiger partial charge in [-0.25, -0.2) is 0 Å². The minimum atomic E-state index is -0.469. The number of carbonyl (C=O) groups is 1. The average Bonchev–Trinajstić information content (AvgIpc) is 2.61. The number of unbranched alkanes of at least 4 members (excludes halogenated alkanes) is 11. The van der Waals surface area contributed by atoms with Crippen LogP contribution in [0.4, 0.5) is 0 Å². The molecule has 0 amide bonds. The lowest BCUT2D eigenvalue weighted by molar-refractivity contribution is 0.0977. The molecule has 0 aliphatic carbocycles. The maximum Gasteiger partial charge on any atom is 0.163 e. The third-order valence-electron chi connectivity index (χ3n) is 5.18. The van der Waals surface area contributed by atoms with Crippen LogP contribution in [0, 0.1) is 0 Å². The second-order valence-corrected chi connectivity index (χ2v) is 8.33. The summed E-state index contributed by atoms with van der Waals surface area (Å²) in [4.78, 5) is 12.5. The number of hydrogen-bond acceptors (Lipinski definition) is 2. The van der Waals surface area contributed by atoms with Gasteiger partial charge in [0.25, 0.3) is 0 Å². The van der Waals surface area contributed by atoms with Crippen LogP contribution in [0.25, 0.3) is 0 Å². The Morgan fingerprint density at radius 2 is 1.27 bits per heavy atom. The molecule has 0 spiro atoms. The fourth-order valence-corrected chi connectivity index (χ4v) is 3.55. The lowest BCUT2D eigenvalue weighted by Gasteiger charge is -2.22. The molecule has 0 aromatic heterocycles. The summed E-state index contributed by atoms with van der Waals surface area (Å²) >= 11 is 0. The average molecular weight is 360 g/mol. The molecule has 1 rings (SSSR count). The van der Waals surface area contributed by atoms with E-state index in [4.69, 9.17) is 5.73 Å². The number of rotatable bonds is 15. The van der Waals surface area contributed by atoms with Crippen LogP contribution in [-0.2, 0) is 5.54 Å². The molecular weight excluding hydrogens is 318 g/mol. The van der Waals surface area contributed by atoms with Crippen LogP contribution in [0.15, 0.2) is 24.3 Å². The van der Waals surface area contributed by atoms with Gasteiger partial charge in [-0.05, 0) is 25.8 Å². The summed E-state index contributed by atoms with van der Waals surface area (Å²) in [5.74, 6) is 0.242. The topological polar surface area (TPSA) is 43.1 Å². The van der Waals surface area contributed by atoms with E-state index >= 15 is 0 Å². The van der Waals surface area contributed by atoms with Crippen molar-refractivity contribution in [2.45, 2.75) is 110 Å². The van der Waals surface area contributed by atoms with E-state index in [0.29, 0.717) is 6.42 Å². The van der Waals surface area contributed by atoms with E-state index in [1.165, 1.54) is 64.2 Å². The van der Waals surface area contributed by atoms with Crippen molar-refractivity contribution in [2.75, 3.05) is 0 Å². The summed E-state index contributed by atoms with van der Waals surface area (Å²) in [5.41, 5.74) is 7.51. The number of ketones is 1. The van der Waals surface area contributed by atoms with Crippen LogP contribution < -0.4 is 5.73 Å². The molecule has 2 N–H and O–H groups in total. The zero-order chi connectivity index (χ0) is 19.3. The van der Waals surface area contributed by atoms with E-state index in [-0.39, 0.29) is 5.78 Å². The Bertz CT molecular complexity index is 501. The van der Waals surface area contributed by atoms with Crippen LogP contribution >= 0.6 is 0 Å². The first kappa shape index (κ1) is 22.9. The number of nitrogens with two attached hydrogens (primary N) is 1. The van der Waals surface area contributed by atoms with E-state index in [1.807, 2.05) is 38.1 Å². The highest BCUT2D eigenvalue weighted by Crippen LogP contribution is 2.23. The molecule has 148 valence electrons. The van der Waals surface area contributed by atoms with Crippen LogP contribution in [0.1, 0.15) is 120 Å². The lowest BCUT2D eigenvalue weighted by atomic mass is 9.88. The van der Waals surface area contributed by atoms with Gasteiger partial charge in [0, 0.05) is 17.5 Å². The van der Waals surface area contributed by atoms with E-state index in [9.17, 15) is 4.79 Å². The molecule has 1 aromatic carbocycles. The van der Waals surface area contributed by atoms with Gasteiger partial charge in [0.2, 0.25) is 0 Å². The van der Waals surface area contributed by atoms with Crippen molar-refractivity contribution in [2.24, 2.45) is 5.73 Å². The third-order valence-corrected chi connectivity index (χ3v) is 5.18. The standard InChI is InChI=1S/C24H41NO/c1-4-5-6-7-8-9-10-11-12-13-14-15-20-23(26)21-18-16-17-19-22(21)24(2,3)25/h16-19H,4-15,20,25H2,1-3H3. The number of carbonyl (C=O) groups excluding carboxylic acids is 1. The first-order valence-corrected chi connectivity index (χ1v) is 10.9. The number of hydrogen-bond donors (Lipinski definition) is 1. The van der Waals surface area contributed by atoms with Gasteiger partial charge in [0.1, 0.15) is 0 Å². The minimum absolute atomic E-state index is 0.242. The third kappa shape index (κ3) is 9.52. The van der Waals surface area contributed by atoms with E-state index in [2.05, 4.69) is 6.92 Å². The van der Waals surface area contributed by atoms with Crippen LogP contribution in [0.2, 0.25) is 0 Å². The van der Waals surface area contributed by atoms with Crippen LogP contribution in [-0.4, -0.2) is 5.78 Å². The SMILES string of the molecule is CCCCCCCCCCCCCCC(=O)c1ccccc1C(C)(C)N. The molecule has 0 saturated heterocycles. The van der Waals surface area contributed by atoms with Gasteiger partial charge in [-0.1, -0.05) is 102 Å². The molecule has 0 aliphatic heterocycles. The second-order valence-electron chi connectivity index (χ2n) is 8.33. The van der Waals surface area contributed by atoms with Crippen molar-refractivity contribution in [3.63, 3.8) is 0 Å². The van der Waals surface area contributed by atoms with Gasteiger partial charge in [-0.2, -0.15) is 0 Å². The Morgan fingerprint density at radius 3 is 1.77 bits per heavy atom. The van der Waals surface area contributed by atoms with Gasteiger partial charge in [0.05, 0.1) is 0 Å². The fraction of sp³-hybridized carbons (Fsp3) is 0.708. The number of benzene rings is 1. The first-order valence-electron chi connectivity index (χ1n) is 10.9. The van der Waals surface area contributed by atoms with Crippen molar-refractivity contribution in [3.8, 4) is 0 Å². The first-order chi connectivity index (χ1) is 12.5. The molecule has 2 nitrogen and oxygen atoms in total. The summed E-state index contributed by atoms with van der Waals surface area (Å²) in [6.07, 6.45) is 16.5.